The van der Waals surface area contributed by atoms with E-state index in [0.29, 0.717) is 0 Å². The molecule has 138 valence electrons. The van der Waals surface area contributed by atoms with Gasteiger partial charge in [-0.2, -0.15) is 0 Å². The van der Waals surface area contributed by atoms with Gasteiger partial charge in [0.05, 0.1) is 17.2 Å². The molecular weight excluding hydrogens is 346 g/mol. The second-order valence-electron chi connectivity index (χ2n) is 6.10. The van der Waals surface area contributed by atoms with E-state index >= 15 is 0 Å². The molecule has 0 saturated carbocycles. The van der Waals surface area contributed by atoms with Gasteiger partial charge < -0.3 is 10.2 Å². The van der Waals surface area contributed by atoms with Crippen molar-refractivity contribution >= 4 is 22.9 Å². The first-order chi connectivity index (χ1) is 12.7. The fourth-order valence-corrected chi connectivity index (χ4v) is 3.36. The zero-order chi connectivity index (χ0) is 18.4. The highest BCUT2D eigenvalue weighted by atomic mass is 32.1. The Hall–Kier alpha value is -2.48. The lowest BCUT2D eigenvalue weighted by molar-refractivity contribution is 0.470. The monoisotopic (exact) mass is 371 g/mol. The van der Waals surface area contributed by atoms with Crippen molar-refractivity contribution in [1.82, 2.24) is 29.8 Å². The van der Waals surface area contributed by atoms with E-state index in [1.54, 1.807) is 11.3 Å². The minimum absolute atomic E-state index is 0.741. The van der Waals surface area contributed by atoms with Crippen LogP contribution in [0.3, 0.4) is 0 Å². The lowest BCUT2D eigenvalue weighted by atomic mass is 10.3. The Morgan fingerprint density at radius 1 is 1.35 bits per heavy atom. The number of nitrogens with one attached hydrogen (secondary N) is 1. The maximum absolute atomic E-state index is 4.75. The molecule has 3 aromatic rings. The summed E-state index contributed by atoms with van der Waals surface area (Å²) in [5.74, 6) is 1.89. The molecule has 0 amide bonds. The standard InChI is InChI=1S/C18H25N7S/c1-4-19-18(24(3)12-15-13-26-14(2)21-15)20-10-7-9-17-23-22-16-8-5-6-11-25(16)17/h5-6,8,11,13H,4,7,9-10,12H2,1-3H3,(H,19,20). The molecule has 0 bridgehead atoms. The van der Waals surface area contributed by atoms with Crippen LogP contribution in [-0.4, -0.2) is 50.6 Å². The van der Waals surface area contributed by atoms with Gasteiger partial charge in [-0.1, -0.05) is 6.07 Å². The molecule has 0 aliphatic carbocycles. The minimum atomic E-state index is 0.741. The van der Waals surface area contributed by atoms with Crippen LogP contribution in [-0.2, 0) is 13.0 Å². The predicted molar refractivity (Wildman–Crippen MR) is 106 cm³/mol. The number of thiazole rings is 1. The number of aromatic nitrogens is 4. The number of guanidine groups is 1. The van der Waals surface area contributed by atoms with Crippen LogP contribution in [0.4, 0.5) is 0 Å². The lowest BCUT2D eigenvalue weighted by Gasteiger charge is -2.21. The highest BCUT2D eigenvalue weighted by Gasteiger charge is 2.09. The third-order valence-electron chi connectivity index (χ3n) is 3.97. The van der Waals surface area contributed by atoms with E-state index in [1.807, 2.05) is 42.8 Å². The van der Waals surface area contributed by atoms with Crippen molar-refractivity contribution in [3.63, 3.8) is 0 Å². The smallest absolute Gasteiger partial charge is 0.194 e. The maximum Gasteiger partial charge on any atom is 0.194 e. The van der Waals surface area contributed by atoms with E-state index in [1.165, 1.54) is 0 Å². The van der Waals surface area contributed by atoms with Gasteiger partial charge in [-0.05, 0) is 32.4 Å². The van der Waals surface area contributed by atoms with Crippen LogP contribution in [0, 0.1) is 6.92 Å². The number of aryl methyl sites for hydroxylation is 2. The Morgan fingerprint density at radius 2 is 2.23 bits per heavy atom. The molecule has 3 heterocycles. The Labute approximate surface area is 157 Å². The van der Waals surface area contributed by atoms with E-state index in [9.17, 15) is 0 Å². The number of fused-ring (bicyclic) bond motifs is 1. The third kappa shape index (κ3) is 4.57. The molecular formula is C18H25N7S. The van der Waals surface area contributed by atoms with Gasteiger partial charge >= 0.3 is 0 Å². The van der Waals surface area contributed by atoms with Crippen molar-refractivity contribution in [3.8, 4) is 0 Å². The summed E-state index contributed by atoms with van der Waals surface area (Å²) in [7, 11) is 2.04. The third-order valence-corrected chi connectivity index (χ3v) is 4.79. The van der Waals surface area contributed by atoms with Crippen LogP contribution < -0.4 is 5.32 Å². The van der Waals surface area contributed by atoms with Crippen molar-refractivity contribution in [1.29, 1.82) is 0 Å². The number of hydrogen-bond acceptors (Lipinski definition) is 5. The zero-order valence-corrected chi connectivity index (χ0v) is 16.3. The summed E-state index contributed by atoms with van der Waals surface area (Å²) in [5.41, 5.74) is 1.97. The SMILES string of the molecule is CCNC(=NCCCc1nnc2ccccn12)N(C)Cc1csc(C)n1. The van der Waals surface area contributed by atoms with E-state index in [2.05, 4.69) is 37.7 Å². The second-order valence-corrected chi connectivity index (χ2v) is 7.16. The van der Waals surface area contributed by atoms with Crippen LogP contribution in [0.5, 0.6) is 0 Å². The number of aliphatic imine (C=N–C) groups is 1. The Balaban J connectivity index is 1.56. The Bertz CT molecular complexity index is 867. The van der Waals surface area contributed by atoms with Gasteiger partial charge in [-0.3, -0.25) is 9.39 Å². The first kappa shape index (κ1) is 18.3. The summed E-state index contributed by atoms with van der Waals surface area (Å²) < 4.78 is 2.03. The van der Waals surface area contributed by atoms with Gasteiger partial charge in [0.1, 0.15) is 5.82 Å². The molecule has 3 rings (SSSR count). The summed E-state index contributed by atoms with van der Waals surface area (Å²) in [5, 5.41) is 15.0. The van der Waals surface area contributed by atoms with Crippen molar-refractivity contribution in [2.75, 3.05) is 20.1 Å². The van der Waals surface area contributed by atoms with Crippen molar-refractivity contribution in [2.45, 2.75) is 33.2 Å². The molecule has 0 unspecified atom stereocenters. The average molecular weight is 372 g/mol. The molecule has 26 heavy (non-hydrogen) atoms. The molecule has 0 spiro atoms. The van der Waals surface area contributed by atoms with E-state index in [0.717, 1.165) is 60.6 Å². The van der Waals surface area contributed by atoms with Crippen LogP contribution in [0.2, 0.25) is 0 Å². The number of pyridine rings is 1. The van der Waals surface area contributed by atoms with Gasteiger partial charge in [-0.15, -0.1) is 21.5 Å². The van der Waals surface area contributed by atoms with Gasteiger partial charge in [0.15, 0.2) is 11.6 Å². The van der Waals surface area contributed by atoms with Gasteiger partial charge in [0.2, 0.25) is 0 Å². The van der Waals surface area contributed by atoms with E-state index in [4.69, 9.17) is 4.99 Å². The van der Waals surface area contributed by atoms with Gasteiger partial charge in [-0.25, -0.2) is 4.98 Å². The summed E-state index contributed by atoms with van der Waals surface area (Å²) in [6.07, 6.45) is 3.78. The summed E-state index contributed by atoms with van der Waals surface area (Å²) in [4.78, 5) is 11.4. The van der Waals surface area contributed by atoms with Crippen molar-refractivity contribution in [2.24, 2.45) is 4.99 Å². The molecule has 1 N–H and O–H groups in total. The topological polar surface area (TPSA) is 70.7 Å². The van der Waals surface area contributed by atoms with E-state index in [-0.39, 0.29) is 0 Å². The summed E-state index contributed by atoms with van der Waals surface area (Å²) in [6.45, 7) is 6.45. The van der Waals surface area contributed by atoms with E-state index < -0.39 is 0 Å². The molecule has 8 heteroatoms. The lowest BCUT2D eigenvalue weighted by Crippen LogP contribution is -2.38. The van der Waals surface area contributed by atoms with Gasteiger partial charge in [0, 0.05) is 38.1 Å². The summed E-state index contributed by atoms with van der Waals surface area (Å²) >= 11 is 1.68. The average Bonchev–Trinajstić information content (AvgIpc) is 3.24. The number of rotatable bonds is 7. The van der Waals surface area contributed by atoms with Crippen LogP contribution in [0.1, 0.15) is 29.9 Å². The fourth-order valence-electron chi connectivity index (χ4n) is 2.75. The first-order valence-electron chi connectivity index (χ1n) is 8.86. The van der Waals surface area contributed by atoms with Crippen molar-refractivity contribution < 1.29 is 0 Å². The molecule has 0 saturated heterocycles. The first-order valence-corrected chi connectivity index (χ1v) is 9.74. The van der Waals surface area contributed by atoms with Crippen LogP contribution in [0.25, 0.3) is 5.65 Å². The molecule has 3 aromatic heterocycles. The minimum Gasteiger partial charge on any atom is -0.357 e. The molecule has 0 atom stereocenters. The highest BCUT2D eigenvalue weighted by Crippen LogP contribution is 2.10. The highest BCUT2D eigenvalue weighted by molar-refractivity contribution is 7.09. The Morgan fingerprint density at radius 3 is 3.00 bits per heavy atom. The molecule has 0 aliphatic rings. The van der Waals surface area contributed by atoms with Crippen LogP contribution in [0.15, 0.2) is 34.8 Å². The molecule has 0 aromatic carbocycles. The van der Waals surface area contributed by atoms with Crippen molar-refractivity contribution in [3.05, 3.63) is 46.3 Å². The fraction of sp³-hybridized carbons (Fsp3) is 0.444. The molecule has 0 fully saturated rings. The largest absolute Gasteiger partial charge is 0.357 e. The maximum atomic E-state index is 4.75. The molecule has 0 aliphatic heterocycles. The number of hydrogen-bond donors (Lipinski definition) is 1. The predicted octanol–water partition coefficient (Wildman–Crippen LogP) is 2.52. The number of nitrogens with zero attached hydrogens (tertiary/aromatic N) is 6. The zero-order valence-electron chi connectivity index (χ0n) is 15.5. The second kappa shape index (κ2) is 8.75. The summed E-state index contributed by atoms with van der Waals surface area (Å²) in [6, 6.07) is 5.93. The van der Waals surface area contributed by atoms with Crippen LogP contribution >= 0.6 is 11.3 Å². The molecule has 0 radical (unpaired) electrons. The Kier molecular flexibility index (Phi) is 6.17. The van der Waals surface area contributed by atoms with Gasteiger partial charge in [0.25, 0.3) is 0 Å². The molecule has 7 nitrogen and oxygen atoms in total. The normalized spacial score (nSPS) is 11.9. The quantitative estimate of drug-likeness (QED) is 0.393.